The SMILES string of the molecule is CC(=O)N[C@H]1Cc2c(C3CNNC3)c3c(NC(=O)C(F)F)cc(Cl)c(Cl)c3n2C1. The molecule has 2 aliphatic heterocycles. The number of anilines is 1. The van der Waals surface area contributed by atoms with Crippen LogP contribution in [0.3, 0.4) is 0 Å². The van der Waals surface area contributed by atoms with Crippen LogP contribution in [0.5, 0.6) is 0 Å². The molecule has 0 saturated carbocycles. The summed E-state index contributed by atoms with van der Waals surface area (Å²) in [5.41, 5.74) is 8.78. The van der Waals surface area contributed by atoms with Crippen LogP contribution in [-0.2, 0) is 22.6 Å². The van der Waals surface area contributed by atoms with Gasteiger partial charge in [0.1, 0.15) is 0 Å². The maximum Gasteiger partial charge on any atom is 0.315 e. The van der Waals surface area contributed by atoms with Crippen LogP contribution in [0, 0.1) is 0 Å². The lowest BCUT2D eigenvalue weighted by Crippen LogP contribution is -2.34. The molecule has 2 amide bonds. The van der Waals surface area contributed by atoms with Crippen molar-refractivity contribution in [2.24, 2.45) is 0 Å². The molecule has 7 nitrogen and oxygen atoms in total. The molecule has 1 atom stereocenters. The number of hydrogen-bond donors (Lipinski definition) is 4. The van der Waals surface area contributed by atoms with Gasteiger partial charge in [-0.1, -0.05) is 23.2 Å². The lowest BCUT2D eigenvalue weighted by Gasteiger charge is -2.16. The van der Waals surface area contributed by atoms with Gasteiger partial charge >= 0.3 is 6.43 Å². The van der Waals surface area contributed by atoms with E-state index in [9.17, 15) is 18.4 Å². The summed E-state index contributed by atoms with van der Waals surface area (Å²) < 4.78 is 27.8. The van der Waals surface area contributed by atoms with Crippen molar-refractivity contribution in [1.82, 2.24) is 20.7 Å². The number of nitrogens with zero attached hydrogens (tertiary/aromatic N) is 1. The lowest BCUT2D eigenvalue weighted by molar-refractivity contribution is -0.126. The molecule has 11 heteroatoms. The van der Waals surface area contributed by atoms with Crippen LogP contribution in [0.4, 0.5) is 14.5 Å². The van der Waals surface area contributed by atoms with Gasteiger partial charge in [-0.25, -0.2) is 0 Å². The number of amides is 2. The molecule has 0 bridgehead atoms. The average Bonchev–Trinajstić information content (AvgIpc) is 3.34. The van der Waals surface area contributed by atoms with Crippen LogP contribution >= 0.6 is 23.2 Å². The Hall–Kier alpha value is -1.94. The molecule has 0 unspecified atom stereocenters. The number of alkyl halides is 2. The van der Waals surface area contributed by atoms with E-state index in [1.165, 1.54) is 13.0 Å². The van der Waals surface area contributed by atoms with Crippen LogP contribution in [0.15, 0.2) is 6.07 Å². The molecule has 1 saturated heterocycles. The minimum atomic E-state index is -3.16. The molecule has 4 rings (SSSR count). The summed E-state index contributed by atoms with van der Waals surface area (Å²) in [4.78, 5) is 23.2. The molecule has 1 aromatic carbocycles. The Morgan fingerprint density at radius 2 is 1.97 bits per heavy atom. The minimum Gasteiger partial charge on any atom is -0.351 e. The fraction of sp³-hybridized carbons (Fsp3) is 0.444. The smallest absolute Gasteiger partial charge is 0.315 e. The van der Waals surface area contributed by atoms with Crippen molar-refractivity contribution in [1.29, 1.82) is 0 Å². The van der Waals surface area contributed by atoms with E-state index in [0.717, 1.165) is 11.3 Å². The molecule has 2 aliphatic rings. The molecule has 0 radical (unpaired) electrons. The van der Waals surface area contributed by atoms with Gasteiger partial charge in [0.2, 0.25) is 5.91 Å². The van der Waals surface area contributed by atoms with E-state index in [2.05, 4.69) is 21.5 Å². The number of rotatable bonds is 4. The zero-order valence-corrected chi connectivity index (χ0v) is 16.9. The first-order valence-electron chi connectivity index (χ1n) is 9.12. The number of nitrogens with one attached hydrogen (secondary N) is 4. The van der Waals surface area contributed by atoms with Crippen LogP contribution in [0.2, 0.25) is 10.0 Å². The van der Waals surface area contributed by atoms with Gasteiger partial charge in [0.15, 0.2) is 0 Å². The fourth-order valence-corrected chi connectivity index (χ4v) is 4.73. The van der Waals surface area contributed by atoms with Gasteiger partial charge in [0, 0.05) is 50.0 Å². The summed E-state index contributed by atoms with van der Waals surface area (Å²) in [7, 11) is 0. The van der Waals surface area contributed by atoms with E-state index >= 15 is 0 Å². The molecular weight excluding hydrogens is 427 g/mol. The van der Waals surface area contributed by atoms with E-state index in [0.29, 0.717) is 37.0 Å². The highest BCUT2D eigenvalue weighted by atomic mass is 35.5. The normalized spacial score (nSPS) is 19.2. The highest BCUT2D eigenvalue weighted by molar-refractivity contribution is 6.46. The first-order chi connectivity index (χ1) is 13.8. The van der Waals surface area contributed by atoms with Crippen LogP contribution in [0.1, 0.15) is 24.1 Å². The van der Waals surface area contributed by atoms with Gasteiger partial charge in [-0.05, 0) is 11.6 Å². The predicted octanol–water partition coefficient (Wildman–Crippen LogP) is 2.40. The molecule has 4 N–H and O–H groups in total. The Morgan fingerprint density at radius 3 is 2.59 bits per heavy atom. The molecule has 1 fully saturated rings. The summed E-state index contributed by atoms with van der Waals surface area (Å²) in [6, 6.07) is 1.30. The number of carbonyl (C=O) groups is 2. The van der Waals surface area contributed by atoms with Crippen molar-refractivity contribution in [3.05, 3.63) is 27.4 Å². The molecule has 0 aliphatic carbocycles. The monoisotopic (exact) mass is 445 g/mol. The quantitative estimate of drug-likeness (QED) is 0.581. The molecule has 3 heterocycles. The highest BCUT2D eigenvalue weighted by Gasteiger charge is 2.35. The third-order valence-corrected chi connectivity index (χ3v) is 6.08. The number of hydrazine groups is 1. The van der Waals surface area contributed by atoms with Crippen molar-refractivity contribution >= 4 is 51.6 Å². The maximum absolute atomic E-state index is 12.9. The number of hydrogen-bond acceptors (Lipinski definition) is 4. The van der Waals surface area contributed by atoms with E-state index in [4.69, 9.17) is 23.2 Å². The topological polar surface area (TPSA) is 87.2 Å². The zero-order valence-electron chi connectivity index (χ0n) is 15.4. The second kappa shape index (κ2) is 7.71. The second-order valence-corrected chi connectivity index (χ2v) is 8.05. The Balaban J connectivity index is 1.92. The van der Waals surface area contributed by atoms with Crippen LogP contribution in [0.25, 0.3) is 10.9 Å². The standard InChI is InChI=1S/C18H19Cl2F2N5O2/c1-7(28)25-9-2-12-13(8-4-23-24-5-8)14-11(26-18(29)17(21)22)3-10(19)15(20)16(14)27(12)6-9/h3,8-9,17,23-24H,2,4-6H2,1H3,(H,25,28)(H,26,29)/t9-/m0/s1. The van der Waals surface area contributed by atoms with Gasteiger partial charge in [0.05, 0.1) is 27.3 Å². The second-order valence-electron chi connectivity index (χ2n) is 7.26. The van der Waals surface area contributed by atoms with E-state index in [-0.39, 0.29) is 33.6 Å². The maximum atomic E-state index is 12.9. The number of carbonyl (C=O) groups excluding carboxylic acids is 2. The van der Waals surface area contributed by atoms with Crippen LogP contribution < -0.4 is 21.5 Å². The van der Waals surface area contributed by atoms with Gasteiger partial charge < -0.3 is 15.2 Å². The first kappa shape index (κ1) is 20.3. The van der Waals surface area contributed by atoms with Crippen molar-refractivity contribution in [2.45, 2.75) is 38.3 Å². The number of aromatic nitrogens is 1. The summed E-state index contributed by atoms with van der Waals surface area (Å²) in [5.74, 6) is -1.50. The van der Waals surface area contributed by atoms with E-state index < -0.39 is 12.3 Å². The van der Waals surface area contributed by atoms with Crippen LogP contribution in [-0.4, -0.2) is 41.9 Å². The molecule has 29 heavy (non-hydrogen) atoms. The molecule has 156 valence electrons. The highest BCUT2D eigenvalue weighted by Crippen LogP contribution is 2.45. The Bertz CT molecular complexity index is 1000. The van der Waals surface area contributed by atoms with Crippen molar-refractivity contribution in [3.8, 4) is 0 Å². The predicted molar refractivity (Wildman–Crippen MR) is 107 cm³/mol. The molecule has 0 spiro atoms. The third kappa shape index (κ3) is 3.56. The summed E-state index contributed by atoms with van der Waals surface area (Å²) in [5, 5.41) is 6.26. The molecule has 1 aromatic heterocycles. The van der Waals surface area contributed by atoms with Gasteiger partial charge in [-0.3, -0.25) is 20.4 Å². The number of benzene rings is 1. The van der Waals surface area contributed by atoms with E-state index in [1.807, 2.05) is 4.57 Å². The largest absolute Gasteiger partial charge is 0.351 e. The summed E-state index contributed by atoms with van der Waals surface area (Å²) >= 11 is 12.8. The number of halogens is 4. The Labute approximate surface area is 175 Å². The van der Waals surface area contributed by atoms with Gasteiger partial charge in [0.25, 0.3) is 5.91 Å². The van der Waals surface area contributed by atoms with E-state index in [1.54, 1.807) is 0 Å². The summed E-state index contributed by atoms with van der Waals surface area (Å²) in [6.07, 6.45) is -2.59. The first-order valence-corrected chi connectivity index (χ1v) is 9.88. The van der Waals surface area contributed by atoms with Gasteiger partial charge in [-0.15, -0.1) is 0 Å². The van der Waals surface area contributed by atoms with Crippen molar-refractivity contribution in [3.63, 3.8) is 0 Å². The summed E-state index contributed by atoms with van der Waals surface area (Å²) in [6.45, 7) is 3.18. The third-order valence-electron chi connectivity index (χ3n) is 5.31. The fourth-order valence-electron chi connectivity index (χ4n) is 4.28. The van der Waals surface area contributed by atoms with Crippen molar-refractivity contribution in [2.75, 3.05) is 18.4 Å². The zero-order chi connectivity index (χ0) is 20.9. The van der Waals surface area contributed by atoms with Crippen molar-refractivity contribution < 1.29 is 18.4 Å². The van der Waals surface area contributed by atoms with Gasteiger partial charge in [-0.2, -0.15) is 8.78 Å². The number of fused-ring (bicyclic) bond motifs is 3. The Kier molecular flexibility index (Phi) is 5.41. The molecular formula is C18H19Cl2F2N5O2. The Morgan fingerprint density at radius 1 is 1.28 bits per heavy atom. The average molecular weight is 446 g/mol. The minimum absolute atomic E-state index is 0.0317. The lowest BCUT2D eigenvalue weighted by atomic mass is 9.94. The molecule has 2 aromatic rings.